The molecule has 2 rings (SSSR count). The Balaban J connectivity index is 2.40. The Morgan fingerprint density at radius 3 is 2.57 bits per heavy atom. The number of nitrogens with two attached hydrogens (primary N) is 1. The van der Waals surface area contributed by atoms with Crippen LogP contribution in [0.4, 0.5) is 17.6 Å². The number of aromatic nitrogens is 4. The molecule has 0 unspecified atom stereocenters. The SMILES string of the molecule is COc1nc(P(C)(C)=O)cnc1Nc1nc(N)ncc1Cl. The molecular formula is C11H14ClN6O2P. The van der Waals surface area contributed by atoms with Crippen molar-refractivity contribution in [3.63, 3.8) is 0 Å². The topological polar surface area (TPSA) is 116 Å². The summed E-state index contributed by atoms with van der Waals surface area (Å²) < 4.78 is 17.2. The highest BCUT2D eigenvalue weighted by atomic mass is 35.5. The minimum Gasteiger partial charge on any atom is -0.478 e. The van der Waals surface area contributed by atoms with Gasteiger partial charge >= 0.3 is 0 Å². The molecule has 2 heterocycles. The second-order valence-electron chi connectivity index (χ2n) is 4.49. The fraction of sp³-hybridized carbons (Fsp3) is 0.273. The number of nitrogens with zero attached hydrogens (tertiary/aromatic N) is 4. The van der Waals surface area contributed by atoms with Gasteiger partial charge < -0.3 is 20.4 Å². The predicted octanol–water partition coefficient (Wildman–Crippen LogP) is 1.50. The lowest BCUT2D eigenvalue weighted by molar-refractivity contribution is 0.399. The lowest BCUT2D eigenvalue weighted by Crippen LogP contribution is -2.13. The molecule has 112 valence electrons. The molecule has 0 bridgehead atoms. The first-order valence-corrected chi connectivity index (χ1v) is 8.81. The van der Waals surface area contributed by atoms with Crippen LogP contribution in [0.5, 0.6) is 5.88 Å². The number of ether oxygens (including phenoxy) is 1. The third-order valence-corrected chi connectivity index (χ3v) is 4.07. The number of nitrogens with one attached hydrogen (secondary N) is 1. The summed E-state index contributed by atoms with van der Waals surface area (Å²) in [5.74, 6) is 0.817. The van der Waals surface area contributed by atoms with E-state index < -0.39 is 7.14 Å². The molecule has 10 heteroatoms. The van der Waals surface area contributed by atoms with Crippen molar-refractivity contribution in [1.82, 2.24) is 19.9 Å². The van der Waals surface area contributed by atoms with Crippen LogP contribution < -0.4 is 21.2 Å². The van der Waals surface area contributed by atoms with Crippen molar-refractivity contribution < 1.29 is 9.30 Å². The quantitative estimate of drug-likeness (QED) is 0.811. The fourth-order valence-corrected chi connectivity index (χ4v) is 2.24. The van der Waals surface area contributed by atoms with Crippen LogP contribution in [-0.2, 0) is 4.57 Å². The zero-order chi connectivity index (χ0) is 15.6. The third kappa shape index (κ3) is 3.59. The Labute approximate surface area is 126 Å². The maximum atomic E-state index is 12.0. The van der Waals surface area contributed by atoms with Crippen LogP contribution in [0.25, 0.3) is 0 Å². The van der Waals surface area contributed by atoms with Crippen LogP contribution >= 0.6 is 18.7 Å². The standard InChI is InChI=1S/C11H14ClN6O2P/c1-20-10-9(14-5-7(16-10)21(2,3)19)17-8-6(12)4-15-11(13)18-8/h4-5H,1-3H3,(H3,13,14,15,17,18). The molecule has 0 aliphatic heterocycles. The monoisotopic (exact) mass is 328 g/mol. The predicted molar refractivity (Wildman–Crippen MR) is 82.4 cm³/mol. The van der Waals surface area contributed by atoms with Gasteiger partial charge in [-0.3, -0.25) is 0 Å². The molecular weight excluding hydrogens is 315 g/mol. The summed E-state index contributed by atoms with van der Waals surface area (Å²) >= 11 is 5.97. The van der Waals surface area contributed by atoms with E-state index in [1.165, 1.54) is 19.5 Å². The number of halogens is 1. The van der Waals surface area contributed by atoms with E-state index in [2.05, 4.69) is 25.3 Å². The van der Waals surface area contributed by atoms with E-state index in [9.17, 15) is 4.57 Å². The highest BCUT2D eigenvalue weighted by Gasteiger charge is 2.18. The largest absolute Gasteiger partial charge is 0.478 e. The van der Waals surface area contributed by atoms with Gasteiger partial charge in [-0.25, -0.2) is 15.0 Å². The van der Waals surface area contributed by atoms with Gasteiger partial charge in [-0.15, -0.1) is 0 Å². The van der Waals surface area contributed by atoms with E-state index in [1.807, 2.05) is 0 Å². The molecule has 0 aliphatic rings. The van der Waals surface area contributed by atoms with Gasteiger partial charge in [-0.2, -0.15) is 4.98 Å². The molecule has 0 fully saturated rings. The molecule has 0 aliphatic carbocycles. The van der Waals surface area contributed by atoms with Gasteiger partial charge in [0.15, 0.2) is 11.6 Å². The third-order valence-electron chi connectivity index (χ3n) is 2.47. The Kier molecular flexibility index (Phi) is 4.29. The summed E-state index contributed by atoms with van der Waals surface area (Å²) in [5, 5.41) is 3.13. The maximum Gasteiger partial charge on any atom is 0.258 e. The normalized spacial score (nSPS) is 11.2. The van der Waals surface area contributed by atoms with Gasteiger partial charge in [0.2, 0.25) is 5.95 Å². The summed E-state index contributed by atoms with van der Waals surface area (Å²) in [5.41, 5.74) is 5.88. The second-order valence-corrected chi connectivity index (χ2v) is 8.05. The number of rotatable bonds is 4. The van der Waals surface area contributed by atoms with Crippen molar-refractivity contribution in [3.8, 4) is 5.88 Å². The van der Waals surface area contributed by atoms with E-state index in [-0.39, 0.29) is 28.5 Å². The minimum absolute atomic E-state index is 0.0667. The molecule has 3 N–H and O–H groups in total. The van der Waals surface area contributed by atoms with Crippen LogP contribution in [0.1, 0.15) is 0 Å². The first kappa shape index (κ1) is 15.5. The van der Waals surface area contributed by atoms with E-state index in [0.717, 1.165) is 0 Å². The lowest BCUT2D eigenvalue weighted by Gasteiger charge is -2.12. The zero-order valence-electron chi connectivity index (χ0n) is 11.7. The highest BCUT2D eigenvalue weighted by Crippen LogP contribution is 2.35. The molecule has 21 heavy (non-hydrogen) atoms. The summed E-state index contributed by atoms with van der Waals surface area (Å²) in [6.45, 7) is 3.21. The van der Waals surface area contributed by atoms with Crippen LogP contribution in [0, 0.1) is 0 Å². The fourth-order valence-electron chi connectivity index (χ4n) is 1.43. The summed E-state index contributed by atoms with van der Waals surface area (Å²) in [6.07, 6.45) is 2.79. The molecule has 0 aromatic carbocycles. The van der Waals surface area contributed by atoms with Crippen molar-refractivity contribution >= 4 is 41.8 Å². The first-order chi connectivity index (χ1) is 9.81. The van der Waals surface area contributed by atoms with E-state index in [1.54, 1.807) is 13.3 Å². The van der Waals surface area contributed by atoms with Gasteiger partial charge in [-0.05, 0) is 13.3 Å². The van der Waals surface area contributed by atoms with Gasteiger partial charge in [-0.1, -0.05) is 11.6 Å². The second kappa shape index (κ2) is 5.83. The Morgan fingerprint density at radius 1 is 1.24 bits per heavy atom. The van der Waals surface area contributed by atoms with Gasteiger partial charge in [0.05, 0.1) is 19.5 Å². The summed E-state index contributed by atoms with van der Waals surface area (Å²) in [4.78, 5) is 16.1. The Hall–Kier alpha value is -1.92. The molecule has 0 spiro atoms. The molecule has 0 saturated carbocycles. The Bertz CT molecular complexity index is 720. The number of hydrogen-bond acceptors (Lipinski definition) is 8. The van der Waals surface area contributed by atoms with Gasteiger partial charge in [0.1, 0.15) is 17.6 Å². The molecule has 0 radical (unpaired) electrons. The van der Waals surface area contributed by atoms with Crippen molar-refractivity contribution in [2.75, 3.05) is 31.5 Å². The number of anilines is 3. The van der Waals surface area contributed by atoms with Gasteiger partial charge in [0, 0.05) is 0 Å². The van der Waals surface area contributed by atoms with Crippen molar-refractivity contribution in [3.05, 3.63) is 17.4 Å². The number of hydrogen-bond donors (Lipinski definition) is 2. The number of nitrogen functional groups attached to an aromatic ring is 1. The smallest absolute Gasteiger partial charge is 0.258 e. The molecule has 0 amide bonds. The van der Waals surface area contributed by atoms with Crippen LogP contribution in [-0.4, -0.2) is 40.4 Å². The number of methoxy groups -OCH3 is 1. The van der Waals surface area contributed by atoms with Crippen molar-refractivity contribution in [2.45, 2.75) is 0 Å². The first-order valence-electron chi connectivity index (χ1n) is 5.83. The zero-order valence-corrected chi connectivity index (χ0v) is 13.3. The van der Waals surface area contributed by atoms with Crippen LogP contribution in [0.2, 0.25) is 5.02 Å². The summed E-state index contributed by atoms with van der Waals surface area (Å²) in [6, 6.07) is 0. The average molecular weight is 329 g/mol. The molecule has 0 saturated heterocycles. The minimum atomic E-state index is -2.53. The average Bonchev–Trinajstić information content (AvgIpc) is 2.42. The van der Waals surface area contributed by atoms with Crippen molar-refractivity contribution in [2.24, 2.45) is 0 Å². The maximum absolute atomic E-state index is 12.0. The van der Waals surface area contributed by atoms with E-state index in [4.69, 9.17) is 22.1 Å². The molecule has 2 aromatic rings. The summed E-state index contributed by atoms with van der Waals surface area (Å²) in [7, 11) is -1.10. The lowest BCUT2D eigenvalue weighted by atomic mass is 10.5. The van der Waals surface area contributed by atoms with Crippen LogP contribution in [0.3, 0.4) is 0 Å². The van der Waals surface area contributed by atoms with E-state index in [0.29, 0.717) is 5.44 Å². The van der Waals surface area contributed by atoms with Gasteiger partial charge in [0.25, 0.3) is 5.88 Å². The Morgan fingerprint density at radius 2 is 1.95 bits per heavy atom. The highest BCUT2D eigenvalue weighted by molar-refractivity contribution is 7.69. The van der Waals surface area contributed by atoms with Crippen molar-refractivity contribution in [1.29, 1.82) is 0 Å². The van der Waals surface area contributed by atoms with E-state index >= 15 is 0 Å². The molecule has 2 aromatic heterocycles. The molecule has 8 nitrogen and oxygen atoms in total. The molecule has 0 atom stereocenters. The van der Waals surface area contributed by atoms with Crippen LogP contribution in [0.15, 0.2) is 12.4 Å².